The molecule has 1 saturated heterocycles. The summed E-state index contributed by atoms with van der Waals surface area (Å²) in [5.41, 5.74) is 0.954. The van der Waals surface area contributed by atoms with Crippen molar-refractivity contribution in [3.05, 3.63) is 30.5 Å². The highest BCUT2D eigenvalue weighted by Gasteiger charge is 2.28. The van der Waals surface area contributed by atoms with Crippen molar-refractivity contribution < 1.29 is 9.59 Å². The summed E-state index contributed by atoms with van der Waals surface area (Å²) in [5.74, 6) is -0.0680. The van der Waals surface area contributed by atoms with E-state index in [-0.39, 0.29) is 24.3 Å². The van der Waals surface area contributed by atoms with Gasteiger partial charge in [-0.15, -0.1) is 0 Å². The summed E-state index contributed by atoms with van der Waals surface area (Å²) in [4.78, 5) is 26.0. The van der Waals surface area contributed by atoms with Gasteiger partial charge in [-0.25, -0.2) is 0 Å². The van der Waals surface area contributed by atoms with Gasteiger partial charge in [-0.1, -0.05) is 18.2 Å². The maximum absolute atomic E-state index is 12.5. The molecule has 6 nitrogen and oxygen atoms in total. The maximum Gasteiger partial charge on any atom is 0.244 e. The lowest BCUT2D eigenvalue weighted by atomic mass is 9.97. The van der Waals surface area contributed by atoms with Crippen LogP contribution in [0, 0.1) is 5.92 Å². The zero-order valence-corrected chi connectivity index (χ0v) is 12.7. The van der Waals surface area contributed by atoms with Gasteiger partial charge in [-0.05, 0) is 18.9 Å². The lowest BCUT2D eigenvalue weighted by molar-refractivity contribution is -0.136. The Labute approximate surface area is 129 Å². The number of rotatable bonds is 3. The number of amides is 2. The minimum Gasteiger partial charge on any atom is -0.359 e. The fraction of sp³-hybridized carbons (Fsp3) is 0.438. The summed E-state index contributed by atoms with van der Waals surface area (Å²) in [6.45, 7) is 1.43. The lowest BCUT2D eigenvalue weighted by Crippen LogP contribution is -2.45. The molecule has 2 aromatic rings. The topological polar surface area (TPSA) is 67.2 Å². The molecule has 1 aromatic carbocycles. The molecule has 3 rings (SSSR count). The number of para-hydroxylation sites is 1. The van der Waals surface area contributed by atoms with E-state index in [1.807, 2.05) is 24.3 Å². The molecular weight excluding hydrogens is 280 g/mol. The average Bonchev–Trinajstić information content (AvgIpc) is 2.97. The van der Waals surface area contributed by atoms with Gasteiger partial charge in [0.15, 0.2) is 0 Å². The Bertz CT molecular complexity index is 694. The van der Waals surface area contributed by atoms with Gasteiger partial charge in [0, 0.05) is 25.5 Å². The highest BCUT2D eigenvalue weighted by molar-refractivity contribution is 5.83. The van der Waals surface area contributed by atoms with Crippen molar-refractivity contribution in [3.63, 3.8) is 0 Å². The van der Waals surface area contributed by atoms with Crippen molar-refractivity contribution in [1.29, 1.82) is 0 Å². The van der Waals surface area contributed by atoms with Crippen LogP contribution in [0.15, 0.2) is 30.5 Å². The highest BCUT2D eigenvalue weighted by atomic mass is 16.2. The molecule has 0 unspecified atom stereocenters. The van der Waals surface area contributed by atoms with E-state index in [0.29, 0.717) is 13.1 Å². The molecule has 22 heavy (non-hydrogen) atoms. The Kier molecular flexibility index (Phi) is 4.09. The Morgan fingerprint density at radius 1 is 1.36 bits per heavy atom. The second-order valence-electron chi connectivity index (χ2n) is 5.65. The molecule has 6 heteroatoms. The molecule has 0 saturated carbocycles. The molecule has 2 amide bonds. The number of piperidine rings is 1. The Hall–Kier alpha value is -2.37. The predicted molar refractivity (Wildman–Crippen MR) is 83.1 cm³/mol. The number of carbonyl (C=O) groups is 2. The molecule has 116 valence electrons. The number of hydrogen-bond donors (Lipinski definition) is 1. The first-order valence-corrected chi connectivity index (χ1v) is 7.59. The van der Waals surface area contributed by atoms with Gasteiger partial charge in [0.2, 0.25) is 11.8 Å². The number of hydrogen-bond acceptors (Lipinski definition) is 3. The Morgan fingerprint density at radius 3 is 3.00 bits per heavy atom. The van der Waals surface area contributed by atoms with Crippen molar-refractivity contribution >= 4 is 22.7 Å². The van der Waals surface area contributed by atoms with Crippen molar-refractivity contribution in [2.45, 2.75) is 19.4 Å². The molecule has 0 bridgehead atoms. The Balaban J connectivity index is 1.70. The first kappa shape index (κ1) is 14.6. The highest BCUT2D eigenvalue weighted by Crippen LogP contribution is 2.18. The minimum atomic E-state index is -0.0999. The third-order valence-electron chi connectivity index (χ3n) is 4.23. The zero-order valence-electron chi connectivity index (χ0n) is 12.7. The first-order valence-electron chi connectivity index (χ1n) is 7.59. The third-order valence-corrected chi connectivity index (χ3v) is 4.23. The van der Waals surface area contributed by atoms with Crippen molar-refractivity contribution in [2.75, 3.05) is 20.1 Å². The van der Waals surface area contributed by atoms with Crippen molar-refractivity contribution in [1.82, 2.24) is 20.0 Å². The molecule has 1 aromatic heterocycles. The molecule has 0 spiro atoms. The van der Waals surface area contributed by atoms with Crippen LogP contribution in [0.25, 0.3) is 10.9 Å². The number of fused-ring (bicyclic) bond motifs is 1. The van der Waals surface area contributed by atoms with Crippen LogP contribution >= 0.6 is 0 Å². The van der Waals surface area contributed by atoms with Crippen LogP contribution in [0.2, 0.25) is 0 Å². The predicted octanol–water partition coefficient (Wildman–Crippen LogP) is 1.02. The number of nitrogens with one attached hydrogen (secondary N) is 1. The van der Waals surface area contributed by atoms with Gasteiger partial charge in [0.1, 0.15) is 6.54 Å². The third kappa shape index (κ3) is 2.81. The molecule has 1 N–H and O–H groups in total. The number of benzene rings is 1. The van der Waals surface area contributed by atoms with Gasteiger partial charge >= 0.3 is 0 Å². The second-order valence-corrected chi connectivity index (χ2v) is 5.65. The fourth-order valence-electron chi connectivity index (χ4n) is 3.00. The molecule has 0 aliphatic carbocycles. The number of aromatic nitrogens is 2. The number of carbonyl (C=O) groups excluding carboxylic acids is 2. The summed E-state index contributed by atoms with van der Waals surface area (Å²) in [7, 11) is 1.64. The van der Waals surface area contributed by atoms with Gasteiger partial charge in [-0.2, -0.15) is 5.10 Å². The number of likely N-dealkylation sites (tertiary alicyclic amines) is 1. The van der Waals surface area contributed by atoms with E-state index >= 15 is 0 Å². The second kappa shape index (κ2) is 6.17. The standard InChI is InChI=1S/C16H20N4O2/c1-17-16(22)13-6-4-8-19(10-13)15(21)11-20-14-7-3-2-5-12(14)9-18-20/h2-3,5,7,9,13H,4,6,8,10-11H2,1H3,(H,17,22)/t13-/m1/s1. The van der Waals surface area contributed by atoms with Gasteiger partial charge in [0.05, 0.1) is 17.6 Å². The summed E-state index contributed by atoms with van der Waals surface area (Å²) >= 11 is 0. The first-order chi connectivity index (χ1) is 10.7. The quantitative estimate of drug-likeness (QED) is 0.920. The van der Waals surface area contributed by atoms with E-state index in [9.17, 15) is 9.59 Å². The fourth-order valence-corrected chi connectivity index (χ4v) is 3.00. The molecule has 1 atom stereocenters. The van der Waals surface area contributed by atoms with Crippen molar-refractivity contribution in [2.24, 2.45) is 5.92 Å². The summed E-state index contributed by atoms with van der Waals surface area (Å²) in [5, 5.41) is 7.98. The van der Waals surface area contributed by atoms with Gasteiger partial charge in [-0.3, -0.25) is 14.3 Å². The van der Waals surface area contributed by atoms with E-state index in [0.717, 1.165) is 23.7 Å². The normalized spacial score (nSPS) is 18.4. The Morgan fingerprint density at radius 2 is 2.18 bits per heavy atom. The van der Waals surface area contributed by atoms with Crippen LogP contribution in [-0.4, -0.2) is 46.6 Å². The van der Waals surface area contributed by atoms with Crippen LogP contribution in [-0.2, 0) is 16.1 Å². The minimum absolute atomic E-state index is 0.0158. The monoisotopic (exact) mass is 300 g/mol. The maximum atomic E-state index is 12.5. The van der Waals surface area contributed by atoms with Crippen LogP contribution in [0.4, 0.5) is 0 Å². The van der Waals surface area contributed by atoms with Crippen LogP contribution in [0.5, 0.6) is 0 Å². The van der Waals surface area contributed by atoms with Crippen LogP contribution < -0.4 is 5.32 Å². The van der Waals surface area contributed by atoms with Crippen molar-refractivity contribution in [3.8, 4) is 0 Å². The summed E-state index contributed by atoms with van der Waals surface area (Å²) in [6.07, 6.45) is 3.48. The molecule has 1 aliphatic rings. The zero-order chi connectivity index (χ0) is 15.5. The van der Waals surface area contributed by atoms with E-state index in [1.54, 1.807) is 22.8 Å². The number of nitrogens with zero attached hydrogens (tertiary/aromatic N) is 3. The molecule has 1 fully saturated rings. The van der Waals surface area contributed by atoms with Gasteiger partial charge in [0.25, 0.3) is 0 Å². The van der Waals surface area contributed by atoms with Gasteiger partial charge < -0.3 is 10.2 Å². The molecule has 1 aliphatic heterocycles. The van der Waals surface area contributed by atoms with E-state index < -0.39 is 0 Å². The molecule has 0 radical (unpaired) electrons. The lowest BCUT2D eigenvalue weighted by Gasteiger charge is -2.31. The summed E-state index contributed by atoms with van der Waals surface area (Å²) in [6, 6.07) is 7.83. The van der Waals surface area contributed by atoms with E-state index in [1.165, 1.54) is 0 Å². The largest absolute Gasteiger partial charge is 0.359 e. The SMILES string of the molecule is CNC(=O)[C@@H]1CCCN(C(=O)Cn2ncc3ccccc32)C1. The molecular formula is C16H20N4O2. The van der Waals surface area contributed by atoms with E-state index in [2.05, 4.69) is 10.4 Å². The van der Waals surface area contributed by atoms with E-state index in [4.69, 9.17) is 0 Å². The summed E-state index contributed by atoms with van der Waals surface area (Å²) < 4.78 is 1.72. The average molecular weight is 300 g/mol. The van der Waals surface area contributed by atoms with Crippen LogP contribution in [0.3, 0.4) is 0 Å². The smallest absolute Gasteiger partial charge is 0.244 e. The van der Waals surface area contributed by atoms with Crippen LogP contribution in [0.1, 0.15) is 12.8 Å². The molecule has 2 heterocycles.